The van der Waals surface area contributed by atoms with E-state index in [0.29, 0.717) is 23.8 Å². The number of rotatable bonds is 5. The Morgan fingerprint density at radius 1 is 1.22 bits per heavy atom. The second-order valence-electron chi connectivity index (χ2n) is 6.51. The van der Waals surface area contributed by atoms with Gasteiger partial charge in [-0.25, -0.2) is 4.98 Å². The number of hydrogen-bond donors (Lipinski definition) is 1. The van der Waals surface area contributed by atoms with Gasteiger partial charge in [-0.15, -0.1) is 0 Å². The highest BCUT2D eigenvalue weighted by atomic mass is 15.2. The van der Waals surface area contributed by atoms with Crippen molar-refractivity contribution in [3.05, 3.63) is 11.5 Å². The van der Waals surface area contributed by atoms with Crippen molar-refractivity contribution >= 4 is 5.82 Å². The molecular formula is C15H27N3. The van der Waals surface area contributed by atoms with Crippen LogP contribution in [-0.4, -0.2) is 9.55 Å². The van der Waals surface area contributed by atoms with Gasteiger partial charge >= 0.3 is 0 Å². The third-order valence-electron chi connectivity index (χ3n) is 3.75. The molecule has 1 saturated carbocycles. The number of nitrogen functional groups attached to an aromatic ring is 1. The fourth-order valence-electron chi connectivity index (χ4n) is 2.83. The average Bonchev–Trinajstić information content (AvgIpc) is 3.00. The number of anilines is 1. The molecule has 1 unspecified atom stereocenters. The van der Waals surface area contributed by atoms with Gasteiger partial charge in [0.1, 0.15) is 11.6 Å². The molecule has 0 spiro atoms. The van der Waals surface area contributed by atoms with Gasteiger partial charge in [0, 0.05) is 17.9 Å². The van der Waals surface area contributed by atoms with Crippen LogP contribution >= 0.6 is 0 Å². The molecule has 102 valence electrons. The summed E-state index contributed by atoms with van der Waals surface area (Å²) < 4.78 is 2.25. The number of nitrogens with two attached hydrogens (primary N) is 1. The van der Waals surface area contributed by atoms with E-state index in [-0.39, 0.29) is 0 Å². The zero-order chi connectivity index (χ0) is 13.4. The number of nitrogens with zero attached hydrogens (tertiary/aromatic N) is 2. The number of imidazole rings is 1. The van der Waals surface area contributed by atoms with Crippen LogP contribution in [0.4, 0.5) is 5.82 Å². The lowest BCUT2D eigenvalue weighted by atomic mass is 9.96. The largest absolute Gasteiger partial charge is 0.384 e. The first-order valence-electron chi connectivity index (χ1n) is 7.29. The minimum Gasteiger partial charge on any atom is -0.384 e. The molecule has 3 heteroatoms. The summed E-state index contributed by atoms with van der Waals surface area (Å²) >= 11 is 0. The Balaban J connectivity index is 2.33. The topological polar surface area (TPSA) is 43.8 Å². The van der Waals surface area contributed by atoms with E-state index in [1.807, 2.05) is 0 Å². The van der Waals surface area contributed by atoms with Gasteiger partial charge in [0.25, 0.3) is 0 Å². The van der Waals surface area contributed by atoms with E-state index in [0.717, 1.165) is 17.9 Å². The van der Waals surface area contributed by atoms with E-state index in [4.69, 9.17) is 10.7 Å². The van der Waals surface area contributed by atoms with Crippen molar-refractivity contribution in [3.8, 4) is 0 Å². The molecule has 2 rings (SSSR count). The predicted octanol–water partition coefficient (Wildman–Crippen LogP) is 4.07. The quantitative estimate of drug-likeness (QED) is 0.854. The molecule has 0 aliphatic heterocycles. The minimum absolute atomic E-state index is 0.410. The van der Waals surface area contributed by atoms with E-state index in [1.54, 1.807) is 0 Å². The first-order chi connectivity index (χ1) is 8.41. The second kappa shape index (κ2) is 4.94. The van der Waals surface area contributed by atoms with Crippen molar-refractivity contribution in [2.75, 3.05) is 5.73 Å². The standard InChI is InChI=1S/C15H27N3/c1-9(2)8-11(5)13-14(16)18(10(3)4)15(17-13)12-6-7-12/h9-12H,6-8,16H2,1-5H3. The van der Waals surface area contributed by atoms with Crippen LogP contribution in [0.3, 0.4) is 0 Å². The summed E-state index contributed by atoms with van der Waals surface area (Å²) in [6.07, 6.45) is 3.71. The minimum atomic E-state index is 0.410. The molecule has 1 atom stereocenters. The van der Waals surface area contributed by atoms with E-state index >= 15 is 0 Å². The van der Waals surface area contributed by atoms with E-state index in [1.165, 1.54) is 18.7 Å². The normalized spacial score (nSPS) is 17.7. The summed E-state index contributed by atoms with van der Waals surface area (Å²) in [5.74, 6) is 3.94. The van der Waals surface area contributed by atoms with Crippen LogP contribution in [-0.2, 0) is 0 Å². The van der Waals surface area contributed by atoms with Crippen molar-refractivity contribution in [2.45, 2.75) is 71.8 Å². The molecule has 0 amide bonds. The van der Waals surface area contributed by atoms with Crippen molar-refractivity contribution in [3.63, 3.8) is 0 Å². The van der Waals surface area contributed by atoms with Crippen molar-refractivity contribution in [1.82, 2.24) is 9.55 Å². The van der Waals surface area contributed by atoms with E-state index in [9.17, 15) is 0 Å². The van der Waals surface area contributed by atoms with Crippen LogP contribution in [0.2, 0.25) is 0 Å². The van der Waals surface area contributed by atoms with E-state index in [2.05, 4.69) is 39.2 Å². The molecule has 0 radical (unpaired) electrons. The molecule has 1 aliphatic carbocycles. The molecule has 18 heavy (non-hydrogen) atoms. The smallest absolute Gasteiger partial charge is 0.127 e. The van der Waals surface area contributed by atoms with Gasteiger partial charge in [-0.2, -0.15) is 0 Å². The van der Waals surface area contributed by atoms with Crippen LogP contribution in [0, 0.1) is 5.92 Å². The van der Waals surface area contributed by atoms with Gasteiger partial charge < -0.3 is 10.3 Å². The van der Waals surface area contributed by atoms with Crippen molar-refractivity contribution in [2.24, 2.45) is 5.92 Å². The maximum atomic E-state index is 6.35. The van der Waals surface area contributed by atoms with Crippen LogP contribution < -0.4 is 5.73 Å². The second-order valence-corrected chi connectivity index (χ2v) is 6.51. The van der Waals surface area contributed by atoms with Gasteiger partial charge in [0.2, 0.25) is 0 Å². The predicted molar refractivity (Wildman–Crippen MR) is 76.9 cm³/mol. The molecule has 1 aliphatic rings. The van der Waals surface area contributed by atoms with Gasteiger partial charge in [0.05, 0.1) is 5.69 Å². The summed E-state index contributed by atoms with van der Waals surface area (Å²) in [7, 11) is 0. The Bertz CT molecular complexity index is 414. The molecule has 1 aromatic rings. The summed E-state index contributed by atoms with van der Waals surface area (Å²) in [5, 5.41) is 0. The zero-order valence-corrected chi connectivity index (χ0v) is 12.4. The maximum absolute atomic E-state index is 6.35. The molecule has 1 aromatic heterocycles. The average molecular weight is 249 g/mol. The van der Waals surface area contributed by atoms with Crippen LogP contribution in [0.25, 0.3) is 0 Å². The lowest BCUT2D eigenvalue weighted by Gasteiger charge is -2.15. The Hall–Kier alpha value is -0.990. The lowest BCUT2D eigenvalue weighted by Crippen LogP contribution is -2.10. The molecule has 0 saturated heterocycles. The van der Waals surface area contributed by atoms with Crippen LogP contribution in [0.1, 0.15) is 83.3 Å². The molecule has 1 fully saturated rings. The maximum Gasteiger partial charge on any atom is 0.127 e. The SMILES string of the molecule is CC(C)CC(C)c1nc(C2CC2)n(C(C)C)c1N. The van der Waals surface area contributed by atoms with Gasteiger partial charge in [-0.3, -0.25) is 0 Å². The Kier molecular flexibility index (Phi) is 3.69. The number of hydrogen-bond acceptors (Lipinski definition) is 2. The molecule has 3 nitrogen and oxygen atoms in total. The molecule has 2 N–H and O–H groups in total. The van der Waals surface area contributed by atoms with Crippen LogP contribution in [0.5, 0.6) is 0 Å². The van der Waals surface area contributed by atoms with Gasteiger partial charge in [-0.1, -0.05) is 20.8 Å². The Morgan fingerprint density at radius 3 is 2.28 bits per heavy atom. The number of aromatic nitrogens is 2. The first kappa shape index (κ1) is 13.4. The monoisotopic (exact) mass is 249 g/mol. The highest BCUT2D eigenvalue weighted by Crippen LogP contribution is 2.43. The van der Waals surface area contributed by atoms with Crippen molar-refractivity contribution in [1.29, 1.82) is 0 Å². The molecule has 0 aromatic carbocycles. The molecular weight excluding hydrogens is 222 g/mol. The third-order valence-corrected chi connectivity index (χ3v) is 3.75. The highest BCUT2D eigenvalue weighted by molar-refractivity contribution is 5.42. The zero-order valence-electron chi connectivity index (χ0n) is 12.4. The fraction of sp³-hybridized carbons (Fsp3) is 0.800. The summed E-state index contributed by atoms with van der Waals surface area (Å²) in [6, 6.07) is 0.410. The Morgan fingerprint density at radius 2 is 1.83 bits per heavy atom. The summed E-state index contributed by atoms with van der Waals surface area (Å²) in [6.45, 7) is 11.2. The fourth-order valence-corrected chi connectivity index (χ4v) is 2.83. The molecule has 1 heterocycles. The third kappa shape index (κ3) is 2.55. The van der Waals surface area contributed by atoms with Gasteiger partial charge in [0.15, 0.2) is 0 Å². The first-order valence-corrected chi connectivity index (χ1v) is 7.29. The summed E-state index contributed by atoms with van der Waals surface area (Å²) in [5.41, 5.74) is 7.47. The summed E-state index contributed by atoms with van der Waals surface area (Å²) in [4.78, 5) is 4.88. The van der Waals surface area contributed by atoms with Crippen molar-refractivity contribution < 1.29 is 0 Å². The van der Waals surface area contributed by atoms with Gasteiger partial charge in [-0.05, 0) is 39.0 Å². The highest BCUT2D eigenvalue weighted by Gasteiger charge is 2.32. The van der Waals surface area contributed by atoms with E-state index < -0.39 is 0 Å². The molecule has 0 bridgehead atoms. The van der Waals surface area contributed by atoms with Crippen LogP contribution in [0.15, 0.2) is 0 Å². The Labute approximate surface area is 111 Å². The lowest BCUT2D eigenvalue weighted by molar-refractivity contribution is 0.517.